The van der Waals surface area contributed by atoms with Gasteiger partial charge in [-0.1, -0.05) is 37.5 Å². The van der Waals surface area contributed by atoms with Gasteiger partial charge in [0.15, 0.2) is 6.40 Å². The molecule has 1 aromatic carbocycles. The third-order valence-corrected chi connectivity index (χ3v) is 6.37. The lowest BCUT2D eigenvalue weighted by Gasteiger charge is -2.45. The molecule has 4 rings (SSSR count). The molecule has 2 saturated heterocycles. The number of piperidine rings is 1. The van der Waals surface area contributed by atoms with Crippen LogP contribution >= 0.6 is 0 Å². The Balaban J connectivity index is 1.58. The molecule has 3 aliphatic rings. The number of aliphatic imine (C=N–C) groups is 1. The molecule has 2 heterocycles. The molecule has 1 saturated carbocycles. The summed E-state index contributed by atoms with van der Waals surface area (Å²) in [6, 6.07) is 9.38. The minimum atomic E-state index is 0.642. The molecule has 0 N–H and O–H groups in total. The topological polar surface area (TPSA) is 24.8 Å². The van der Waals surface area contributed by atoms with Gasteiger partial charge in [0.1, 0.15) is 0 Å². The summed E-state index contributed by atoms with van der Waals surface area (Å²) < 4.78 is 5.04. The molecule has 3 heteroatoms. The monoisotopic (exact) mass is 312 g/mol. The molecule has 2 aliphatic heterocycles. The van der Waals surface area contributed by atoms with Crippen molar-refractivity contribution in [2.24, 2.45) is 16.8 Å². The second-order valence-electron chi connectivity index (χ2n) is 7.53. The van der Waals surface area contributed by atoms with Crippen LogP contribution < -0.4 is 0 Å². The molecule has 23 heavy (non-hydrogen) atoms. The Labute approximate surface area is 139 Å². The Morgan fingerprint density at radius 3 is 2.83 bits per heavy atom. The Hall–Kier alpha value is -1.35. The fourth-order valence-corrected chi connectivity index (χ4v) is 5.30. The zero-order valence-corrected chi connectivity index (χ0v) is 14.2. The van der Waals surface area contributed by atoms with Gasteiger partial charge in [-0.05, 0) is 49.3 Å². The first-order chi connectivity index (χ1) is 11.4. The highest BCUT2D eigenvalue weighted by molar-refractivity contribution is 5.59. The fraction of sp³-hybridized carbons (Fsp3) is 0.650. The van der Waals surface area contributed by atoms with Gasteiger partial charge in [0.25, 0.3) is 0 Å². The number of methoxy groups -OCH3 is 1. The highest BCUT2D eigenvalue weighted by Crippen LogP contribution is 2.47. The van der Waals surface area contributed by atoms with Gasteiger partial charge in [0.05, 0.1) is 12.8 Å². The summed E-state index contributed by atoms with van der Waals surface area (Å²) in [7, 11) is 1.66. The summed E-state index contributed by atoms with van der Waals surface area (Å²) in [5.41, 5.74) is 2.51. The van der Waals surface area contributed by atoms with E-state index in [1.807, 2.05) is 0 Å². The van der Waals surface area contributed by atoms with E-state index in [-0.39, 0.29) is 0 Å². The van der Waals surface area contributed by atoms with E-state index in [1.54, 1.807) is 13.5 Å². The van der Waals surface area contributed by atoms with Crippen LogP contribution in [0.3, 0.4) is 0 Å². The van der Waals surface area contributed by atoms with Crippen molar-refractivity contribution in [2.75, 3.05) is 20.2 Å². The zero-order valence-electron chi connectivity index (χ0n) is 14.2. The van der Waals surface area contributed by atoms with Crippen molar-refractivity contribution < 1.29 is 4.74 Å². The summed E-state index contributed by atoms with van der Waals surface area (Å²) >= 11 is 0. The highest BCUT2D eigenvalue weighted by atomic mass is 16.5. The lowest BCUT2D eigenvalue weighted by atomic mass is 9.71. The molecular formula is C20H28N2O. The Morgan fingerprint density at radius 2 is 1.96 bits per heavy atom. The van der Waals surface area contributed by atoms with Gasteiger partial charge >= 0.3 is 0 Å². The largest absolute Gasteiger partial charge is 0.486 e. The average Bonchev–Trinajstić information content (AvgIpc) is 3.01. The van der Waals surface area contributed by atoms with Crippen LogP contribution in [-0.4, -0.2) is 37.5 Å². The van der Waals surface area contributed by atoms with Crippen molar-refractivity contribution in [2.45, 2.75) is 50.5 Å². The van der Waals surface area contributed by atoms with Gasteiger partial charge in [-0.3, -0.25) is 4.90 Å². The molecule has 124 valence electrons. The number of benzene rings is 1. The summed E-state index contributed by atoms with van der Waals surface area (Å²) in [5, 5.41) is 0. The molecule has 1 aliphatic carbocycles. The van der Waals surface area contributed by atoms with Gasteiger partial charge in [-0.2, -0.15) is 0 Å². The summed E-state index contributed by atoms with van der Waals surface area (Å²) in [5.74, 6) is 2.59. The summed E-state index contributed by atoms with van der Waals surface area (Å²) in [6.07, 6.45) is 10.1. The lowest BCUT2D eigenvalue weighted by molar-refractivity contribution is 0.0594. The van der Waals surface area contributed by atoms with Crippen molar-refractivity contribution in [3.05, 3.63) is 29.8 Å². The molecule has 0 aromatic heterocycles. The maximum Gasteiger partial charge on any atom is 0.174 e. The van der Waals surface area contributed by atoms with E-state index in [2.05, 4.69) is 34.2 Å². The number of rotatable bonds is 3. The lowest BCUT2D eigenvalue weighted by Crippen LogP contribution is -2.46. The van der Waals surface area contributed by atoms with Gasteiger partial charge in [-0.15, -0.1) is 0 Å². The molecule has 0 radical (unpaired) electrons. The smallest absolute Gasteiger partial charge is 0.174 e. The predicted molar refractivity (Wildman–Crippen MR) is 94.4 cm³/mol. The molecule has 1 aromatic rings. The molecular weight excluding hydrogens is 284 g/mol. The molecule has 0 amide bonds. The van der Waals surface area contributed by atoms with Crippen molar-refractivity contribution in [1.82, 2.24) is 4.90 Å². The predicted octanol–water partition coefficient (Wildman–Crippen LogP) is 4.36. The maximum absolute atomic E-state index is 5.04. The van der Waals surface area contributed by atoms with Gasteiger partial charge in [0, 0.05) is 18.5 Å². The molecule has 3 unspecified atom stereocenters. The number of nitrogens with zero attached hydrogens (tertiary/aromatic N) is 2. The van der Waals surface area contributed by atoms with Crippen molar-refractivity contribution in [3.8, 4) is 0 Å². The van der Waals surface area contributed by atoms with E-state index in [4.69, 9.17) is 4.74 Å². The molecule has 0 spiro atoms. The maximum atomic E-state index is 5.04. The number of para-hydroxylation sites is 1. The Morgan fingerprint density at radius 1 is 1.13 bits per heavy atom. The fourth-order valence-electron chi connectivity index (χ4n) is 5.30. The second kappa shape index (κ2) is 6.64. The van der Waals surface area contributed by atoms with E-state index >= 15 is 0 Å². The SMILES string of the molecule is COC=Nc1ccccc1C1CCN2CC3CCCCC3C[C@@H]12. The van der Waals surface area contributed by atoms with Gasteiger partial charge in [-0.25, -0.2) is 4.99 Å². The van der Waals surface area contributed by atoms with Crippen LogP contribution in [0.1, 0.15) is 50.0 Å². The van der Waals surface area contributed by atoms with Crippen LogP contribution in [0.5, 0.6) is 0 Å². The summed E-state index contributed by atoms with van der Waals surface area (Å²) in [4.78, 5) is 7.31. The normalized spacial score (nSPS) is 34.3. The van der Waals surface area contributed by atoms with Crippen LogP contribution in [0, 0.1) is 11.8 Å². The van der Waals surface area contributed by atoms with Gasteiger partial charge in [0.2, 0.25) is 0 Å². The molecule has 0 bridgehead atoms. The van der Waals surface area contributed by atoms with Gasteiger partial charge < -0.3 is 4.74 Å². The standard InChI is InChI=1S/C20H28N2O/c1-23-14-21-19-9-5-4-8-17(19)18-10-11-22-13-16-7-3-2-6-15(16)12-20(18)22/h4-5,8-9,14-16,18,20H,2-3,6-7,10-13H2,1H3/t15?,16?,18?,20-/m0/s1. The minimum Gasteiger partial charge on any atom is -0.486 e. The first kappa shape index (κ1) is 15.2. The third-order valence-electron chi connectivity index (χ3n) is 6.37. The number of fused-ring (bicyclic) bond motifs is 2. The number of ether oxygens (including phenoxy) is 1. The van der Waals surface area contributed by atoms with Crippen LogP contribution in [-0.2, 0) is 4.74 Å². The van der Waals surface area contributed by atoms with Crippen LogP contribution in [0.2, 0.25) is 0 Å². The second-order valence-corrected chi connectivity index (χ2v) is 7.53. The number of hydrogen-bond acceptors (Lipinski definition) is 3. The highest BCUT2D eigenvalue weighted by Gasteiger charge is 2.44. The van der Waals surface area contributed by atoms with Crippen LogP contribution in [0.4, 0.5) is 5.69 Å². The first-order valence-electron chi connectivity index (χ1n) is 9.25. The average molecular weight is 312 g/mol. The Bertz CT molecular complexity index is 571. The molecule has 3 fully saturated rings. The molecule has 3 nitrogen and oxygen atoms in total. The number of hydrogen-bond donors (Lipinski definition) is 0. The minimum absolute atomic E-state index is 0.642. The Kier molecular flexibility index (Phi) is 4.39. The quantitative estimate of drug-likeness (QED) is 0.612. The van der Waals surface area contributed by atoms with E-state index in [9.17, 15) is 0 Å². The molecule has 4 atom stereocenters. The van der Waals surface area contributed by atoms with Crippen molar-refractivity contribution in [1.29, 1.82) is 0 Å². The zero-order chi connectivity index (χ0) is 15.6. The van der Waals surface area contributed by atoms with Crippen molar-refractivity contribution in [3.63, 3.8) is 0 Å². The van der Waals surface area contributed by atoms with E-state index < -0.39 is 0 Å². The summed E-state index contributed by atoms with van der Waals surface area (Å²) in [6.45, 7) is 2.61. The van der Waals surface area contributed by atoms with E-state index in [1.165, 1.54) is 57.2 Å². The van der Waals surface area contributed by atoms with E-state index in [0.29, 0.717) is 5.92 Å². The van der Waals surface area contributed by atoms with E-state index in [0.717, 1.165) is 23.6 Å². The van der Waals surface area contributed by atoms with Crippen molar-refractivity contribution >= 4 is 12.1 Å². The third kappa shape index (κ3) is 2.91. The first-order valence-corrected chi connectivity index (χ1v) is 9.25. The van der Waals surface area contributed by atoms with Crippen LogP contribution in [0.15, 0.2) is 29.3 Å². The van der Waals surface area contributed by atoms with Crippen LogP contribution in [0.25, 0.3) is 0 Å².